The number of likely N-dealkylation sites (tertiary alicyclic amines) is 1. The topological polar surface area (TPSA) is 126 Å². The average Bonchev–Trinajstić information content (AvgIpc) is 3.69. The first-order chi connectivity index (χ1) is 21.9. The minimum Gasteiger partial charge on any atom is -0.488 e. The van der Waals surface area contributed by atoms with Gasteiger partial charge in [0.05, 0.1) is 29.8 Å². The normalized spacial score (nSPS) is 16.8. The fourth-order valence-electron chi connectivity index (χ4n) is 6.38. The second-order valence-corrected chi connectivity index (χ2v) is 13.6. The SMILES string of the molecule is COC(=O)NC(C(=O)N1CCCC1c1nc2c(ccc3c4c(ccc32)-c2ccc(B(O)OC(C)(C)C(C)C)cc2CO4)[nH]1)C(C)C. The maximum Gasteiger partial charge on any atom is 0.491 e. The number of methoxy groups -OCH3 is 1. The van der Waals surface area contributed by atoms with Gasteiger partial charge in [-0.15, -0.1) is 0 Å². The summed E-state index contributed by atoms with van der Waals surface area (Å²) in [5.41, 5.74) is 4.97. The number of aromatic amines is 1. The van der Waals surface area contributed by atoms with Crippen LogP contribution in [0.3, 0.4) is 0 Å². The van der Waals surface area contributed by atoms with Gasteiger partial charge in [0.1, 0.15) is 24.2 Å². The summed E-state index contributed by atoms with van der Waals surface area (Å²) >= 11 is 0. The summed E-state index contributed by atoms with van der Waals surface area (Å²) in [6.07, 6.45) is 1.00. The van der Waals surface area contributed by atoms with E-state index in [0.717, 1.165) is 62.9 Å². The van der Waals surface area contributed by atoms with Crippen molar-refractivity contribution >= 4 is 46.4 Å². The fourth-order valence-corrected chi connectivity index (χ4v) is 6.38. The van der Waals surface area contributed by atoms with Crippen LogP contribution in [0.2, 0.25) is 0 Å². The Kier molecular flexibility index (Phi) is 8.50. The zero-order chi connectivity index (χ0) is 32.9. The van der Waals surface area contributed by atoms with E-state index in [9.17, 15) is 14.6 Å². The summed E-state index contributed by atoms with van der Waals surface area (Å²) in [6.45, 7) is 12.9. The first-order valence-electron chi connectivity index (χ1n) is 16.1. The monoisotopic (exact) mass is 626 g/mol. The minimum absolute atomic E-state index is 0.106. The van der Waals surface area contributed by atoms with Crippen molar-refractivity contribution in [2.75, 3.05) is 13.7 Å². The first-order valence-corrected chi connectivity index (χ1v) is 16.1. The summed E-state index contributed by atoms with van der Waals surface area (Å²) in [5.74, 6) is 1.53. The highest BCUT2D eigenvalue weighted by Crippen LogP contribution is 2.44. The number of ether oxygens (including phenoxy) is 2. The van der Waals surface area contributed by atoms with E-state index in [1.807, 2.05) is 56.9 Å². The van der Waals surface area contributed by atoms with Gasteiger partial charge in [-0.1, -0.05) is 52.0 Å². The Hall–Kier alpha value is -4.09. The molecule has 1 aromatic heterocycles. The molecule has 2 aliphatic rings. The molecule has 2 aliphatic heterocycles. The maximum atomic E-state index is 13.6. The standard InChI is InChI=1S/C35H43BN4O6/c1-19(2)29(39-34(42)44-7)33(41)40-16-8-9-28(40)32-37-27-15-14-26-24(30(27)38-32)12-13-25-23-11-10-22(17-21(23)18-45-31(25)26)36(43)46-35(5,6)20(3)4/h10-15,17,19-20,28-29,43H,8-9,16,18H2,1-7H3,(H,37,38)(H,39,42). The van der Waals surface area contributed by atoms with Gasteiger partial charge in [0.15, 0.2) is 0 Å². The second-order valence-electron chi connectivity index (χ2n) is 13.6. The van der Waals surface area contributed by atoms with Crippen molar-refractivity contribution in [3.05, 3.63) is 53.9 Å². The number of benzene rings is 3. The smallest absolute Gasteiger partial charge is 0.488 e. The van der Waals surface area contributed by atoms with Gasteiger partial charge in [-0.05, 0) is 73.3 Å². The third-order valence-corrected chi connectivity index (χ3v) is 9.74. The van der Waals surface area contributed by atoms with Gasteiger partial charge in [-0.2, -0.15) is 0 Å². The first kappa shape index (κ1) is 31.9. The molecule has 6 rings (SSSR count). The number of H-pyrrole nitrogens is 1. The lowest BCUT2D eigenvalue weighted by molar-refractivity contribution is -0.135. The third-order valence-electron chi connectivity index (χ3n) is 9.74. The van der Waals surface area contributed by atoms with E-state index >= 15 is 0 Å². The molecule has 0 saturated carbocycles. The Bertz CT molecular complexity index is 1800. The van der Waals surface area contributed by atoms with Crippen molar-refractivity contribution in [1.29, 1.82) is 0 Å². The van der Waals surface area contributed by atoms with Crippen LogP contribution < -0.4 is 15.5 Å². The highest BCUT2D eigenvalue weighted by atomic mass is 16.5. The molecular formula is C35H43BN4O6. The summed E-state index contributed by atoms with van der Waals surface area (Å²) in [7, 11) is 0.261. The number of nitrogens with zero attached hydrogens (tertiary/aromatic N) is 2. The molecule has 242 valence electrons. The number of carbonyl (C=O) groups excluding carboxylic acids is 2. The molecule has 0 aliphatic carbocycles. The van der Waals surface area contributed by atoms with E-state index in [4.69, 9.17) is 19.1 Å². The largest absolute Gasteiger partial charge is 0.491 e. The summed E-state index contributed by atoms with van der Waals surface area (Å²) in [4.78, 5) is 35.9. The molecule has 0 spiro atoms. The van der Waals surface area contributed by atoms with Crippen LogP contribution in [0.1, 0.15) is 71.8 Å². The van der Waals surface area contributed by atoms with Crippen molar-refractivity contribution < 1.29 is 28.7 Å². The lowest BCUT2D eigenvalue weighted by Crippen LogP contribution is -2.51. The van der Waals surface area contributed by atoms with E-state index in [0.29, 0.717) is 18.6 Å². The Balaban J connectivity index is 1.30. The Labute approximate surface area is 269 Å². The lowest BCUT2D eigenvalue weighted by Gasteiger charge is -2.31. The quantitative estimate of drug-likeness (QED) is 0.222. The van der Waals surface area contributed by atoms with Gasteiger partial charge in [-0.25, -0.2) is 9.78 Å². The number of nitrogens with one attached hydrogen (secondary N) is 2. The molecule has 1 saturated heterocycles. The molecule has 0 bridgehead atoms. The molecule has 3 aromatic carbocycles. The molecule has 10 nitrogen and oxygen atoms in total. The maximum absolute atomic E-state index is 13.6. The van der Waals surface area contributed by atoms with Gasteiger partial charge >= 0.3 is 13.2 Å². The predicted molar refractivity (Wildman–Crippen MR) is 179 cm³/mol. The zero-order valence-corrected chi connectivity index (χ0v) is 27.6. The molecule has 11 heteroatoms. The molecule has 0 radical (unpaired) electrons. The Morgan fingerprint density at radius 1 is 1.11 bits per heavy atom. The van der Waals surface area contributed by atoms with Gasteiger partial charge in [0.25, 0.3) is 0 Å². The molecule has 3 N–H and O–H groups in total. The van der Waals surface area contributed by atoms with Gasteiger partial charge < -0.3 is 34.4 Å². The molecular weight excluding hydrogens is 583 g/mol. The number of rotatable bonds is 8. The van der Waals surface area contributed by atoms with Crippen LogP contribution in [-0.4, -0.2) is 64.3 Å². The molecule has 46 heavy (non-hydrogen) atoms. The molecule has 2 amide bonds. The summed E-state index contributed by atoms with van der Waals surface area (Å²) in [6, 6.07) is 13.2. The fraction of sp³-hybridized carbons (Fsp3) is 0.457. The van der Waals surface area contributed by atoms with Crippen molar-refractivity contribution in [3.63, 3.8) is 0 Å². The van der Waals surface area contributed by atoms with Crippen LogP contribution >= 0.6 is 0 Å². The number of alkyl carbamates (subject to hydrolysis) is 1. The van der Waals surface area contributed by atoms with Crippen molar-refractivity contribution in [1.82, 2.24) is 20.2 Å². The van der Waals surface area contributed by atoms with Crippen LogP contribution in [0.15, 0.2) is 42.5 Å². The van der Waals surface area contributed by atoms with Crippen LogP contribution in [0.5, 0.6) is 5.75 Å². The molecule has 3 heterocycles. The van der Waals surface area contributed by atoms with E-state index in [1.54, 1.807) is 0 Å². The Morgan fingerprint density at radius 2 is 1.85 bits per heavy atom. The second kappa shape index (κ2) is 12.3. The van der Waals surface area contributed by atoms with Crippen LogP contribution in [0, 0.1) is 11.8 Å². The van der Waals surface area contributed by atoms with Gasteiger partial charge in [0, 0.05) is 22.9 Å². The minimum atomic E-state index is -1.03. The highest BCUT2D eigenvalue weighted by molar-refractivity contribution is 6.60. The number of imidazole rings is 1. The summed E-state index contributed by atoms with van der Waals surface area (Å²) in [5, 5.41) is 15.5. The number of fused-ring (bicyclic) bond motifs is 7. The lowest BCUT2D eigenvalue weighted by atomic mass is 9.75. The van der Waals surface area contributed by atoms with E-state index in [-0.39, 0.29) is 23.8 Å². The molecule has 1 fully saturated rings. The van der Waals surface area contributed by atoms with Crippen molar-refractivity contribution in [3.8, 4) is 16.9 Å². The van der Waals surface area contributed by atoms with Crippen molar-refractivity contribution in [2.45, 2.75) is 78.7 Å². The number of hydrogen-bond acceptors (Lipinski definition) is 7. The number of amides is 2. The zero-order valence-electron chi connectivity index (χ0n) is 27.6. The van der Waals surface area contributed by atoms with Crippen LogP contribution in [-0.2, 0) is 20.8 Å². The van der Waals surface area contributed by atoms with Crippen LogP contribution in [0.25, 0.3) is 32.9 Å². The van der Waals surface area contributed by atoms with Crippen molar-refractivity contribution in [2.24, 2.45) is 11.8 Å². The highest BCUT2D eigenvalue weighted by Gasteiger charge is 2.38. The third kappa shape index (κ3) is 5.71. The average molecular weight is 627 g/mol. The molecule has 4 aromatic rings. The van der Waals surface area contributed by atoms with E-state index < -0.39 is 24.9 Å². The van der Waals surface area contributed by atoms with Crippen LogP contribution in [0.4, 0.5) is 4.79 Å². The molecule has 2 unspecified atom stereocenters. The Morgan fingerprint density at radius 3 is 2.57 bits per heavy atom. The van der Waals surface area contributed by atoms with Gasteiger partial charge in [0.2, 0.25) is 5.91 Å². The summed E-state index contributed by atoms with van der Waals surface area (Å²) < 4.78 is 17.1. The van der Waals surface area contributed by atoms with E-state index in [2.05, 4.69) is 42.3 Å². The number of carbonyl (C=O) groups is 2. The molecule has 2 atom stereocenters. The van der Waals surface area contributed by atoms with E-state index in [1.165, 1.54) is 7.11 Å². The number of hydrogen-bond donors (Lipinski definition) is 3. The number of aromatic nitrogens is 2. The van der Waals surface area contributed by atoms with Gasteiger partial charge in [-0.3, -0.25) is 4.79 Å². The predicted octanol–water partition coefficient (Wildman–Crippen LogP) is 5.46.